The van der Waals surface area contributed by atoms with Crippen LogP contribution in [-0.4, -0.2) is 46.0 Å². The molecule has 0 aromatic heterocycles. The molecule has 0 rings (SSSR count). The average Bonchev–Trinajstić information content (AvgIpc) is 2.80. The molecule has 0 aliphatic rings. The summed E-state index contributed by atoms with van der Waals surface area (Å²) in [5.74, 6) is -6.78. The molecule has 0 saturated carbocycles. The second-order valence-electron chi connectivity index (χ2n) is 7.04. The Labute approximate surface area is 204 Å². The summed E-state index contributed by atoms with van der Waals surface area (Å²) in [5.41, 5.74) is -0.540. The van der Waals surface area contributed by atoms with Gasteiger partial charge in [0.25, 0.3) is 0 Å². The van der Waals surface area contributed by atoms with Gasteiger partial charge in [-0.2, -0.15) is 0 Å². The van der Waals surface area contributed by atoms with Gasteiger partial charge < -0.3 is 19.7 Å². The van der Waals surface area contributed by atoms with E-state index in [2.05, 4.69) is 29.2 Å². The van der Waals surface area contributed by atoms with E-state index in [1.165, 1.54) is 0 Å². The second kappa shape index (κ2) is 17.4. The lowest BCUT2D eigenvalue weighted by Crippen LogP contribution is -2.18. The quantitative estimate of drug-likeness (QED) is 0.177. The van der Waals surface area contributed by atoms with Crippen molar-refractivity contribution in [3.8, 4) is 0 Å². The van der Waals surface area contributed by atoms with Crippen LogP contribution in [0.15, 0.2) is 59.8 Å². The van der Waals surface area contributed by atoms with E-state index in [4.69, 9.17) is 10.2 Å². The van der Waals surface area contributed by atoms with Crippen molar-refractivity contribution < 1.29 is 48.5 Å². The molecule has 0 spiro atoms. The Balaban J connectivity index is 0. The Morgan fingerprint density at radius 1 is 0.714 bits per heavy atom. The summed E-state index contributed by atoms with van der Waals surface area (Å²) in [7, 11) is 0. The summed E-state index contributed by atoms with van der Waals surface area (Å²) < 4.78 is 8.99. The number of hydrogen-bond acceptors (Lipinski definition) is 8. The standard InChI is InChI=1S/C18H20O8.C7H12O2/c1-6-10(3)16(22)25-14(19)9-13(8-12(5)15(20)21)18(24)26-17(23)11(4)7-2;1-3-4-5-6(2)7(8)9/h8-9H,3-4,6-7H2,1-2,5H3,(H,20,21);2-5H2,1H3,(H,8,9)/b12-8?,13-9-;. The second-order valence-corrected chi connectivity index (χ2v) is 7.04. The van der Waals surface area contributed by atoms with E-state index in [0.717, 1.165) is 25.8 Å². The van der Waals surface area contributed by atoms with Gasteiger partial charge in [0, 0.05) is 28.4 Å². The lowest BCUT2D eigenvalue weighted by atomic mass is 10.1. The monoisotopic (exact) mass is 492 g/mol. The fourth-order valence-corrected chi connectivity index (χ4v) is 1.78. The van der Waals surface area contributed by atoms with Crippen LogP contribution in [0.25, 0.3) is 0 Å². The van der Waals surface area contributed by atoms with Crippen LogP contribution >= 0.6 is 0 Å². The van der Waals surface area contributed by atoms with Gasteiger partial charge in [-0.15, -0.1) is 0 Å². The third kappa shape index (κ3) is 14.6. The average molecular weight is 493 g/mol. The van der Waals surface area contributed by atoms with E-state index in [-0.39, 0.29) is 29.6 Å². The highest BCUT2D eigenvalue weighted by Crippen LogP contribution is 2.10. The minimum absolute atomic E-state index is 0.00800. The zero-order valence-electron chi connectivity index (χ0n) is 20.5. The van der Waals surface area contributed by atoms with E-state index in [0.29, 0.717) is 18.1 Å². The molecule has 0 atom stereocenters. The van der Waals surface area contributed by atoms with Gasteiger partial charge in [0.1, 0.15) is 0 Å². The molecule has 192 valence electrons. The zero-order chi connectivity index (χ0) is 27.7. The molecule has 0 saturated heterocycles. The van der Waals surface area contributed by atoms with Crippen molar-refractivity contribution >= 4 is 35.8 Å². The van der Waals surface area contributed by atoms with Crippen molar-refractivity contribution in [3.63, 3.8) is 0 Å². The first-order valence-corrected chi connectivity index (χ1v) is 10.6. The molecule has 0 fully saturated rings. The van der Waals surface area contributed by atoms with E-state index in [9.17, 15) is 28.8 Å². The summed E-state index contributed by atoms with van der Waals surface area (Å²) in [6, 6.07) is 0. The summed E-state index contributed by atoms with van der Waals surface area (Å²) in [6.45, 7) is 16.6. The summed E-state index contributed by atoms with van der Waals surface area (Å²) in [6.07, 6.45) is 4.40. The molecule has 0 aliphatic carbocycles. The van der Waals surface area contributed by atoms with Crippen LogP contribution in [0.3, 0.4) is 0 Å². The number of carboxylic acid groups (broad SMARTS) is 2. The maximum Gasteiger partial charge on any atom is 0.346 e. The molecular formula is C25H32O10. The smallest absolute Gasteiger partial charge is 0.346 e. The fraction of sp³-hybridized carbons (Fsp3) is 0.360. The largest absolute Gasteiger partial charge is 0.478 e. The van der Waals surface area contributed by atoms with E-state index < -0.39 is 41.4 Å². The number of aliphatic carboxylic acids is 2. The predicted octanol–water partition coefficient (Wildman–Crippen LogP) is 3.83. The normalized spacial score (nSPS) is 10.7. The third-order valence-corrected chi connectivity index (χ3v) is 4.16. The Hall–Kier alpha value is -4.08. The zero-order valence-corrected chi connectivity index (χ0v) is 20.5. The highest BCUT2D eigenvalue weighted by molar-refractivity contribution is 6.08. The number of esters is 4. The molecule has 0 bridgehead atoms. The Morgan fingerprint density at radius 2 is 1.20 bits per heavy atom. The first-order chi connectivity index (χ1) is 16.2. The van der Waals surface area contributed by atoms with Crippen LogP contribution in [0.4, 0.5) is 0 Å². The van der Waals surface area contributed by atoms with Crippen molar-refractivity contribution in [2.45, 2.75) is 59.8 Å². The number of carboxylic acids is 2. The summed E-state index contributed by atoms with van der Waals surface area (Å²) in [4.78, 5) is 68.0. The lowest BCUT2D eigenvalue weighted by molar-refractivity contribution is -0.156. The Morgan fingerprint density at radius 3 is 1.60 bits per heavy atom. The fourth-order valence-electron chi connectivity index (χ4n) is 1.78. The number of ether oxygens (including phenoxy) is 2. The molecule has 0 aliphatic heterocycles. The van der Waals surface area contributed by atoms with Crippen LogP contribution in [0, 0.1) is 0 Å². The Bertz CT molecular complexity index is 947. The maximum absolute atomic E-state index is 12.0. The highest BCUT2D eigenvalue weighted by atomic mass is 16.6. The molecule has 0 aromatic rings. The van der Waals surface area contributed by atoms with Crippen LogP contribution in [0.5, 0.6) is 0 Å². The van der Waals surface area contributed by atoms with Gasteiger partial charge in [-0.05, 0) is 38.7 Å². The molecule has 35 heavy (non-hydrogen) atoms. The van der Waals surface area contributed by atoms with E-state index in [1.807, 2.05) is 6.92 Å². The van der Waals surface area contributed by atoms with Crippen LogP contribution in [0.2, 0.25) is 0 Å². The third-order valence-electron chi connectivity index (χ3n) is 4.16. The minimum Gasteiger partial charge on any atom is -0.478 e. The first kappa shape index (κ1) is 33.1. The molecular weight excluding hydrogens is 460 g/mol. The highest BCUT2D eigenvalue weighted by Gasteiger charge is 2.20. The molecule has 0 amide bonds. The first-order valence-electron chi connectivity index (χ1n) is 10.6. The number of carbonyl (C=O) groups is 6. The molecule has 0 radical (unpaired) electrons. The summed E-state index contributed by atoms with van der Waals surface area (Å²) >= 11 is 0. The van der Waals surface area contributed by atoms with Gasteiger partial charge in [0.05, 0.1) is 5.57 Å². The van der Waals surface area contributed by atoms with Gasteiger partial charge in [0.15, 0.2) is 0 Å². The van der Waals surface area contributed by atoms with E-state index in [1.54, 1.807) is 13.8 Å². The molecule has 0 heterocycles. The van der Waals surface area contributed by atoms with Crippen molar-refractivity contribution in [3.05, 3.63) is 59.8 Å². The van der Waals surface area contributed by atoms with Crippen molar-refractivity contribution in [1.29, 1.82) is 0 Å². The maximum atomic E-state index is 12.0. The van der Waals surface area contributed by atoms with Gasteiger partial charge in [-0.3, -0.25) is 0 Å². The van der Waals surface area contributed by atoms with E-state index >= 15 is 0 Å². The number of hydrogen-bond donors (Lipinski definition) is 2. The van der Waals surface area contributed by atoms with Crippen molar-refractivity contribution in [1.82, 2.24) is 0 Å². The van der Waals surface area contributed by atoms with Crippen LogP contribution in [-0.2, 0) is 38.2 Å². The van der Waals surface area contributed by atoms with Crippen molar-refractivity contribution in [2.75, 3.05) is 0 Å². The molecule has 10 heteroatoms. The number of unbranched alkanes of at least 4 members (excludes halogenated alkanes) is 1. The van der Waals surface area contributed by atoms with Gasteiger partial charge in [0.2, 0.25) is 0 Å². The van der Waals surface area contributed by atoms with Crippen molar-refractivity contribution in [2.24, 2.45) is 0 Å². The predicted molar refractivity (Wildman–Crippen MR) is 127 cm³/mol. The van der Waals surface area contributed by atoms with Gasteiger partial charge in [-0.25, -0.2) is 28.8 Å². The number of rotatable bonds is 12. The molecule has 2 N–H and O–H groups in total. The molecule has 0 unspecified atom stereocenters. The van der Waals surface area contributed by atoms with Gasteiger partial charge in [-0.1, -0.05) is 46.9 Å². The molecule has 10 nitrogen and oxygen atoms in total. The van der Waals surface area contributed by atoms with Gasteiger partial charge >= 0.3 is 35.8 Å². The Kier molecular flexibility index (Phi) is 16.5. The van der Waals surface area contributed by atoms with Crippen LogP contribution in [0.1, 0.15) is 59.8 Å². The minimum atomic E-state index is -1.36. The SMILES string of the molecule is C=C(CC)C(=O)OC(=O)/C=C(/C=C(C)C(=O)O)C(=O)OC(=O)C(=C)CC.C=C(CCCC)C(=O)O. The molecule has 0 aromatic carbocycles. The van der Waals surface area contributed by atoms with Crippen LogP contribution < -0.4 is 0 Å². The summed E-state index contributed by atoms with van der Waals surface area (Å²) in [5, 5.41) is 17.2. The lowest BCUT2D eigenvalue weighted by Gasteiger charge is -2.06. The number of carbonyl (C=O) groups excluding carboxylic acids is 4. The topological polar surface area (TPSA) is 161 Å².